The summed E-state index contributed by atoms with van der Waals surface area (Å²) in [5, 5.41) is 0.0854. The maximum absolute atomic E-state index is 13.8. The molecule has 6 heteroatoms. The van der Waals surface area contributed by atoms with Gasteiger partial charge in [-0.15, -0.1) is 0 Å². The molecule has 21 heavy (non-hydrogen) atoms. The molecule has 1 heterocycles. The molecule has 108 valence electrons. The summed E-state index contributed by atoms with van der Waals surface area (Å²) >= 11 is 14.6. The lowest BCUT2D eigenvalue weighted by molar-refractivity contribution is 0.622. The summed E-state index contributed by atoms with van der Waals surface area (Å²) in [6.07, 6.45) is 0. The highest BCUT2D eigenvalue weighted by Gasteiger charge is 2.15. The number of imidazole rings is 1. The van der Waals surface area contributed by atoms with Crippen LogP contribution in [0.2, 0.25) is 5.02 Å². The van der Waals surface area contributed by atoms with Crippen molar-refractivity contribution in [3.8, 4) is 0 Å². The molecule has 0 amide bonds. The zero-order valence-electron chi connectivity index (χ0n) is 11.0. The van der Waals surface area contributed by atoms with Crippen LogP contribution < -0.4 is 0 Å². The van der Waals surface area contributed by atoms with Crippen molar-refractivity contribution in [3.63, 3.8) is 0 Å². The van der Waals surface area contributed by atoms with Crippen LogP contribution in [0.5, 0.6) is 0 Å². The van der Waals surface area contributed by atoms with Crippen LogP contribution >= 0.6 is 39.7 Å². The van der Waals surface area contributed by atoms with Gasteiger partial charge in [0.15, 0.2) is 4.77 Å². The van der Waals surface area contributed by atoms with Gasteiger partial charge < -0.3 is 9.55 Å². The summed E-state index contributed by atoms with van der Waals surface area (Å²) in [4.78, 5) is 3.07. The summed E-state index contributed by atoms with van der Waals surface area (Å²) in [7, 11) is 0. The molecule has 0 aliphatic rings. The number of halogens is 3. The molecule has 0 aliphatic heterocycles. The molecule has 0 fully saturated rings. The Morgan fingerprint density at radius 3 is 2.62 bits per heavy atom. The zero-order chi connectivity index (χ0) is 15.1. The largest absolute Gasteiger partial charge is 0.331 e. The van der Waals surface area contributed by atoms with Crippen LogP contribution in [0.3, 0.4) is 0 Å². The second-order valence-electron chi connectivity index (χ2n) is 4.81. The minimum Gasteiger partial charge on any atom is -0.331 e. The Hall–Kier alpha value is -1.17. The van der Waals surface area contributed by atoms with Gasteiger partial charge in [0.25, 0.3) is 0 Å². The molecule has 1 atom stereocenters. The molecule has 0 saturated heterocycles. The SMILES string of the molecule is CC(c1ccc(Br)cc1)n1c(=S)[nH]c2cc(Cl)c(F)cc21. The zero-order valence-corrected chi connectivity index (χ0v) is 14.2. The molecule has 0 aliphatic carbocycles. The van der Waals surface area contributed by atoms with Gasteiger partial charge in [-0.2, -0.15) is 0 Å². The van der Waals surface area contributed by atoms with E-state index in [2.05, 4.69) is 20.9 Å². The molecule has 1 N–H and O–H groups in total. The second kappa shape index (κ2) is 5.55. The highest BCUT2D eigenvalue weighted by molar-refractivity contribution is 9.10. The van der Waals surface area contributed by atoms with E-state index in [1.165, 1.54) is 6.07 Å². The van der Waals surface area contributed by atoms with E-state index in [0.717, 1.165) is 15.6 Å². The smallest absolute Gasteiger partial charge is 0.178 e. The van der Waals surface area contributed by atoms with Gasteiger partial charge >= 0.3 is 0 Å². The minimum atomic E-state index is -0.449. The van der Waals surface area contributed by atoms with Gasteiger partial charge in [-0.1, -0.05) is 39.7 Å². The first kappa shape index (κ1) is 14.8. The molecule has 0 bridgehead atoms. The fourth-order valence-electron chi connectivity index (χ4n) is 2.40. The quantitative estimate of drug-likeness (QED) is 0.548. The first-order chi connectivity index (χ1) is 9.97. The van der Waals surface area contributed by atoms with E-state index in [0.29, 0.717) is 10.3 Å². The van der Waals surface area contributed by atoms with Gasteiger partial charge in [-0.3, -0.25) is 0 Å². The normalized spacial score (nSPS) is 12.8. The number of rotatable bonds is 2. The van der Waals surface area contributed by atoms with Crippen LogP contribution in [0.4, 0.5) is 4.39 Å². The van der Waals surface area contributed by atoms with Crippen molar-refractivity contribution in [3.05, 3.63) is 62.0 Å². The van der Waals surface area contributed by atoms with E-state index in [9.17, 15) is 4.39 Å². The number of H-pyrrole nitrogens is 1. The molecular weight excluding hydrogens is 375 g/mol. The van der Waals surface area contributed by atoms with E-state index in [4.69, 9.17) is 23.8 Å². The van der Waals surface area contributed by atoms with Crippen LogP contribution in [-0.4, -0.2) is 9.55 Å². The van der Waals surface area contributed by atoms with Crippen molar-refractivity contribution in [1.29, 1.82) is 0 Å². The van der Waals surface area contributed by atoms with Crippen LogP contribution in [0.15, 0.2) is 40.9 Å². The fourth-order valence-corrected chi connectivity index (χ4v) is 3.19. The molecule has 0 radical (unpaired) electrons. The Morgan fingerprint density at radius 1 is 1.29 bits per heavy atom. The maximum Gasteiger partial charge on any atom is 0.178 e. The number of benzene rings is 2. The van der Waals surface area contributed by atoms with E-state index >= 15 is 0 Å². The van der Waals surface area contributed by atoms with Gasteiger partial charge in [0.2, 0.25) is 0 Å². The Balaban J connectivity index is 2.19. The Labute approximate surface area is 139 Å². The van der Waals surface area contributed by atoms with Crippen molar-refractivity contribution < 1.29 is 4.39 Å². The minimum absolute atomic E-state index is 0.0140. The van der Waals surface area contributed by atoms with Crippen molar-refractivity contribution in [1.82, 2.24) is 9.55 Å². The van der Waals surface area contributed by atoms with Gasteiger partial charge in [0.05, 0.1) is 22.1 Å². The third-order valence-electron chi connectivity index (χ3n) is 3.50. The van der Waals surface area contributed by atoms with Crippen molar-refractivity contribution in [2.24, 2.45) is 0 Å². The number of hydrogen-bond donors (Lipinski definition) is 1. The number of nitrogens with zero attached hydrogens (tertiary/aromatic N) is 1. The molecule has 3 aromatic rings. The summed E-state index contributed by atoms with van der Waals surface area (Å²) in [5.41, 5.74) is 2.53. The standard InChI is InChI=1S/C15H11BrClFN2S/c1-8(9-2-4-10(16)5-3-9)20-14-7-12(18)11(17)6-13(14)19-15(20)21/h2-8H,1H3,(H,19,21). The highest BCUT2D eigenvalue weighted by atomic mass is 79.9. The van der Waals surface area contributed by atoms with Crippen LogP contribution in [0, 0.1) is 10.6 Å². The molecule has 0 spiro atoms. The predicted octanol–water partition coefficient (Wildman–Crippen LogP) is 5.86. The van der Waals surface area contributed by atoms with E-state index < -0.39 is 5.82 Å². The number of nitrogens with one attached hydrogen (secondary N) is 1. The van der Waals surface area contributed by atoms with Gasteiger partial charge in [-0.05, 0) is 42.9 Å². The van der Waals surface area contributed by atoms with Crippen molar-refractivity contribution >= 4 is 50.8 Å². The first-order valence-corrected chi connectivity index (χ1v) is 7.90. The maximum atomic E-state index is 13.8. The van der Waals surface area contributed by atoms with Crippen LogP contribution in [0.1, 0.15) is 18.5 Å². The summed E-state index contributed by atoms with van der Waals surface area (Å²) < 4.78 is 17.2. The Kier molecular flexibility index (Phi) is 3.90. The molecular formula is C15H11BrClFN2S. The third kappa shape index (κ3) is 2.65. The third-order valence-corrected chi connectivity index (χ3v) is 4.62. The topological polar surface area (TPSA) is 20.7 Å². The molecule has 3 rings (SSSR count). The highest BCUT2D eigenvalue weighted by Crippen LogP contribution is 2.28. The lowest BCUT2D eigenvalue weighted by atomic mass is 10.1. The predicted molar refractivity (Wildman–Crippen MR) is 90.0 cm³/mol. The first-order valence-electron chi connectivity index (χ1n) is 6.32. The van der Waals surface area contributed by atoms with Crippen LogP contribution in [-0.2, 0) is 0 Å². The number of aromatic amines is 1. The molecule has 2 nitrogen and oxygen atoms in total. The Morgan fingerprint density at radius 2 is 1.95 bits per heavy atom. The van der Waals surface area contributed by atoms with E-state index in [1.54, 1.807) is 6.07 Å². The van der Waals surface area contributed by atoms with Crippen molar-refractivity contribution in [2.45, 2.75) is 13.0 Å². The summed E-state index contributed by atoms with van der Waals surface area (Å²) in [6, 6.07) is 10.9. The van der Waals surface area contributed by atoms with Gasteiger partial charge in [0.1, 0.15) is 5.82 Å². The molecule has 1 unspecified atom stereocenters. The van der Waals surface area contributed by atoms with Crippen LogP contribution in [0.25, 0.3) is 11.0 Å². The van der Waals surface area contributed by atoms with Gasteiger partial charge in [-0.25, -0.2) is 4.39 Å². The second-order valence-corrected chi connectivity index (χ2v) is 6.52. The monoisotopic (exact) mass is 384 g/mol. The average molecular weight is 386 g/mol. The fraction of sp³-hybridized carbons (Fsp3) is 0.133. The number of fused-ring (bicyclic) bond motifs is 1. The van der Waals surface area contributed by atoms with Gasteiger partial charge in [0, 0.05) is 10.5 Å². The van der Waals surface area contributed by atoms with E-state index in [-0.39, 0.29) is 11.1 Å². The summed E-state index contributed by atoms with van der Waals surface area (Å²) in [5.74, 6) is -0.449. The van der Waals surface area contributed by atoms with E-state index in [1.807, 2.05) is 35.8 Å². The average Bonchev–Trinajstić information content (AvgIpc) is 2.75. The Bertz CT molecular complexity index is 870. The lowest BCUT2D eigenvalue weighted by Gasteiger charge is -2.15. The molecule has 1 aromatic heterocycles. The molecule has 2 aromatic carbocycles. The summed E-state index contributed by atoms with van der Waals surface area (Å²) in [6.45, 7) is 2.03. The van der Waals surface area contributed by atoms with Crippen molar-refractivity contribution in [2.75, 3.05) is 0 Å². The number of aromatic nitrogens is 2. The lowest BCUT2D eigenvalue weighted by Crippen LogP contribution is -2.06. The molecule has 0 saturated carbocycles. The number of hydrogen-bond acceptors (Lipinski definition) is 1.